The van der Waals surface area contributed by atoms with Crippen molar-refractivity contribution in [1.29, 1.82) is 5.26 Å². The Balaban J connectivity index is 1.47. The van der Waals surface area contributed by atoms with E-state index in [4.69, 9.17) is 9.47 Å². The number of alkyl carbamates (subject to hydrolysis) is 1. The SMILES string of the molecule is Cc1nn(-c2ccccc2)c(COc2ccccc2-c2ccc(CCNC(=O)OC(C)(C)C)cc2)c1C#N. The summed E-state index contributed by atoms with van der Waals surface area (Å²) in [5.74, 6) is 0.717. The fourth-order valence-corrected chi connectivity index (χ4v) is 4.09. The summed E-state index contributed by atoms with van der Waals surface area (Å²) in [7, 11) is 0. The minimum atomic E-state index is -0.517. The van der Waals surface area contributed by atoms with E-state index in [0.717, 1.165) is 22.4 Å². The van der Waals surface area contributed by atoms with Gasteiger partial charge in [0.1, 0.15) is 29.6 Å². The van der Waals surface area contributed by atoms with Gasteiger partial charge in [-0.25, -0.2) is 9.48 Å². The highest BCUT2D eigenvalue weighted by Crippen LogP contribution is 2.31. The normalized spacial score (nSPS) is 11.0. The van der Waals surface area contributed by atoms with Crippen molar-refractivity contribution in [1.82, 2.24) is 15.1 Å². The number of carbonyl (C=O) groups excluding carboxylic acids is 1. The van der Waals surface area contributed by atoms with Crippen LogP contribution in [0.5, 0.6) is 5.75 Å². The second-order valence-electron chi connectivity index (χ2n) is 9.93. The van der Waals surface area contributed by atoms with Crippen LogP contribution < -0.4 is 10.1 Å². The van der Waals surface area contributed by atoms with Gasteiger partial charge in [0.05, 0.1) is 17.1 Å². The van der Waals surface area contributed by atoms with E-state index in [2.05, 4.69) is 16.5 Å². The Morgan fingerprint density at radius 3 is 2.37 bits per heavy atom. The largest absolute Gasteiger partial charge is 0.487 e. The average molecular weight is 509 g/mol. The van der Waals surface area contributed by atoms with Crippen molar-refractivity contribution < 1.29 is 14.3 Å². The Kier molecular flexibility index (Phi) is 8.12. The molecule has 0 aliphatic heterocycles. The van der Waals surface area contributed by atoms with Crippen LogP contribution in [-0.4, -0.2) is 28.0 Å². The van der Waals surface area contributed by atoms with Gasteiger partial charge in [-0.1, -0.05) is 60.7 Å². The number of aryl methyl sites for hydroxylation is 1. The third kappa shape index (κ3) is 6.60. The number of carbonyl (C=O) groups is 1. The number of amides is 1. The fraction of sp³-hybridized carbons (Fsp3) is 0.258. The van der Waals surface area contributed by atoms with E-state index >= 15 is 0 Å². The van der Waals surface area contributed by atoms with Crippen LogP contribution in [0.3, 0.4) is 0 Å². The number of hydrogen-bond acceptors (Lipinski definition) is 5. The van der Waals surface area contributed by atoms with Crippen molar-refractivity contribution in [3.63, 3.8) is 0 Å². The molecule has 7 nitrogen and oxygen atoms in total. The molecule has 4 aromatic rings. The average Bonchev–Trinajstić information content (AvgIpc) is 3.22. The molecule has 0 aliphatic rings. The Hall–Kier alpha value is -4.57. The number of aromatic nitrogens is 2. The molecule has 0 fully saturated rings. The molecule has 0 radical (unpaired) electrons. The van der Waals surface area contributed by atoms with Gasteiger partial charge in [0.25, 0.3) is 0 Å². The lowest BCUT2D eigenvalue weighted by atomic mass is 10.0. The Bertz CT molecular complexity index is 1430. The number of rotatable bonds is 8. The zero-order chi connectivity index (χ0) is 27.1. The quantitative estimate of drug-likeness (QED) is 0.299. The van der Waals surface area contributed by atoms with Gasteiger partial charge in [-0.15, -0.1) is 0 Å². The summed E-state index contributed by atoms with van der Waals surface area (Å²) in [5, 5.41) is 17.1. The molecule has 0 unspecified atom stereocenters. The van der Waals surface area contributed by atoms with Gasteiger partial charge >= 0.3 is 6.09 Å². The molecule has 0 spiro atoms. The molecule has 0 saturated carbocycles. The highest BCUT2D eigenvalue weighted by molar-refractivity contribution is 5.70. The smallest absolute Gasteiger partial charge is 0.407 e. The molecule has 3 aromatic carbocycles. The lowest BCUT2D eigenvalue weighted by Crippen LogP contribution is -2.33. The zero-order valence-electron chi connectivity index (χ0n) is 22.2. The predicted octanol–water partition coefficient (Wildman–Crippen LogP) is 6.37. The molecule has 0 bridgehead atoms. The van der Waals surface area contributed by atoms with Gasteiger partial charge in [-0.2, -0.15) is 10.4 Å². The lowest BCUT2D eigenvalue weighted by Gasteiger charge is -2.19. The van der Waals surface area contributed by atoms with Crippen LogP contribution in [0.4, 0.5) is 4.79 Å². The van der Waals surface area contributed by atoms with Crippen molar-refractivity contribution >= 4 is 6.09 Å². The molecule has 1 N–H and O–H groups in total. The van der Waals surface area contributed by atoms with Gasteiger partial charge in [0, 0.05) is 12.1 Å². The number of ether oxygens (including phenoxy) is 2. The summed E-state index contributed by atoms with van der Waals surface area (Å²) < 4.78 is 13.3. The minimum absolute atomic E-state index is 0.198. The van der Waals surface area contributed by atoms with Crippen LogP contribution in [0.1, 0.15) is 43.3 Å². The first-order valence-corrected chi connectivity index (χ1v) is 12.6. The molecule has 7 heteroatoms. The van der Waals surface area contributed by atoms with Crippen molar-refractivity contribution in [3.05, 3.63) is 101 Å². The summed E-state index contributed by atoms with van der Waals surface area (Å²) in [4.78, 5) is 11.9. The third-order valence-corrected chi connectivity index (χ3v) is 5.87. The molecule has 0 saturated heterocycles. The Morgan fingerprint density at radius 1 is 1.00 bits per heavy atom. The van der Waals surface area contributed by atoms with Crippen LogP contribution in [0.25, 0.3) is 16.8 Å². The van der Waals surface area contributed by atoms with Gasteiger partial charge in [0.2, 0.25) is 0 Å². The third-order valence-electron chi connectivity index (χ3n) is 5.87. The van der Waals surface area contributed by atoms with E-state index in [1.165, 1.54) is 0 Å². The number of nitrogens with zero attached hydrogens (tertiary/aromatic N) is 3. The molecule has 0 atom stereocenters. The Morgan fingerprint density at radius 2 is 1.68 bits per heavy atom. The van der Waals surface area contributed by atoms with E-state index < -0.39 is 11.7 Å². The fourth-order valence-electron chi connectivity index (χ4n) is 4.09. The first kappa shape index (κ1) is 26.5. The van der Waals surface area contributed by atoms with Gasteiger partial charge in [-0.05, 0) is 63.4 Å². The van der Waals surface area contributed by atoms with E-state index in [0.29, 0.717) is 35.7 Å². The second kappa shape index (κ2) is 11.7. The first-order valence-electron chi connectivity index (χ1n) is 12.6. The molecule has 1 amide bonds. The summed E-state index contributed by atoms with van der Waals surface area (Å²) in [6.07, 6.45) is 0.279. The molecule has 0 aliphatic carbocycles. The summed E-state index contributed by atoms with van der Waals surface area (Å²) >= 11 is 0. The second-order valence-corrected chi connectivity index (χ2v) is 9.93. The number of benzene rings is 3. The topological polar surface area (TPSA) is 89.2 Å². The van der Waals surface area contributed by atoms with Gasteiger partial charge < -0.3 is 14.8 Å². The van der Waals surface area contributed by atoms with Gasteiger partial charge in [0.15, 0.2) is 0 Å². The molecular formula is C31H32N4O3. The monoisotopic (exact) mass is 508 g/mol. The van der Waals surface area contributed by atoms with Crippen LogP contribution in [0.2, 0.25) is 0 Å². The molecule has 1 aromatic heterocycles. The van der Waals surface area contributed by atoms with Crippen molar-refractivity contribution in [2.24, 2.45) is 0 Å². The predicted molar refractivity (Wildman–Crippen MR) is 147 cm³/mol. The highest BCUT2D eigenvalue weighted by atomic mass is 16.6. The van der Waals surface area contributed by atoms with E-state index in [-0.39, 0.29) is 6.61 Å². The molecule has 4 rings (SSSR count). The minimum Gasteiger partial charge on any atom is -0.487 e. The maximum atomic E-state index is 11.9. The van der Waals surface area contributed by atoms with Crippen LogP contribution in [0.15, 0.2) is 78.9 Å². The molecule has 194 valence electrons. The van der Waals surface area contributed by atoms with Crippen molar-refractivity contribution in [2.75, 3.05) is 6.54 Å². The first-order chi connectivity index (χ1) is 18.2. The summed E-state index contributed by atoms with van der Waals surface area (Å²) in [5.41, 5.74) is 5.32. The van der Waals surface area contributed by atoms with Crippen LogP contribution >= 0.6 is 0 Å². The van der Waals surface area contributed by atoms with E-state index in [1.54, 1.807) is 4.68 Å². The van der Waals surface area contributed by atoms with E-state index in [9.17, 15) is 10.1 Å². The number of nitrogens with one attached hydrogen (secondary N) is 1. The number of nitriles is 1. The molecular weight excluding hydrogens is 476 g/mol. The van der Waals surface area contributed by atoms with E-state index in [1.807, 2.05) is 107 Å². The Labute approximate surface area is 223 Å². The van der Waals surface area contributed by atoms with Crippen molar-refractivity contribution in [3.8, 4) is 28.6 Å². The highest BCUT2D eigenvalue weighted by Gasteiger charge is 2.18. The maximum Gasteiger partial charge on any atom is 0.407 e. The number of para-hydroxylation sites is 2. The molecule has 1 heterocycles. The summed E-state index contributed by atoms with van der Waals surface area (Å²) in [6, 6.07) is 28.0. The maximum absolute atomic E-state index is 11.9. The number of hydrogen-bond donors (Lipinski definition) is 1. The van der Waals surface area contributed by atoms with Crippen LogP contribution in [0, 0.1) is 18.3 Å². The summed E-state index contributed by atoms with van der Waals surface area (Å²) in [6.45, 7) is 8.05. The van der Waals surface area contributed by atoms with Gasteiger partial charge in [-0.3, -0.25) is 0 Å². The van der Waals surface area contributed by atoms with Crippen molar-refractivity contribution in [2.45, 2.75) is 46.3 Å². The van der Waals surface area contributed by atoms with Crippen LogP contribution in [-0.2, 0) is 17.8 Å². The lowest BCUT2D eigenvalue weighted by molar-refractivity contribution is 0.0528. The standard InChI is InChI=1S/C31H32N4O3/c1-22-27(20-32)28(35(34-22)25-10-6-5-7-11-25)21-37-29-13-9-8-12-26(29)24-16-14-23(15-17-24)18-19-33-30(36)38-31(2,3)4/h5-17H,18-19,21H2,1-4H3,(H,33,36). The molecule has 38 heavy (non-hydrogen) atoms. The zero-order valence-corrected chi connectivity index (χ0v) is 22.2.